The Labute approximate surface area is 140 Å². The van der Waals surface area contributed by atoms with Crippen LogP contribution in [0.2, 0.25) is 5.02 Å². The van der Waals surface area contributed by atoms with E-state index in [1.807, 2.05) is 37.3 Å². The first-order valence-corrected chi connectivity index (χ1v) is 7.97. The molecule has 2 unspecified atom stereocenters. The fraction of sp³-hybridized carbons (Fsp3) is 0.412. The maximum absolute atomic E-state index is 11.4. The third-order valence-corrected chi connectivity index (χ3v) is 5.15. The average molecular weight is 334 g/mol. The molecule has 0 spiro atoms. The highest BCUT2D eigenvalue weighted by molar-refractivity contribution is 6.30. The topological polar surface area (TPSA) is 71.2 Å². The number of benzene rings is 1. The maximum atomic E-state index is 11.4. The highest BCUT2D eigenvalue weighted by Crippen LogP contribution is 2.50. The minimum atomic E-state index is -1.17. The van der Waals surface area contributed by atoms with Crippen LogP contribution < -0.4 is 0 Å². The summed E-state index contributed by atoms with van der Waals surface area (Å²) in [5.41, 5.74) is 0.0854. The summed E-state index contributed by atoms with van der Waals surface area (Å²) in [5.74, 6) is 0. The number of aromatic nitrogens is 3. The van der Waals surface area contributed by atoms with Gasteiger partial charge in [-0.1, -0.05) is 36.7 Å². The van der Waals surface area contributed by atoms with Crippen LogP contribution in [0.25, 0.3) is 6.08 Å². The van der Waals surface area contributed by atoms with Crippen LogP contribution in [0.4, 0.5) is 0 Å². The molecule has 0 amide bonds. The molecule has 1 aliphatic rings. The monoisotopic (exact) mass is 333 g/mol. The average Bonchev–Trinajstić information content (AvgIpc) is 3.12. The normalized spacial score (nSPS) is 29.3. The lowest BCUT2D eigenvalue weighted by Gasteiger charge is -2.39. The first-order valence-electron chi connectivity index (χ1n) is 7.59. The van der Waals surface area contributed by atoms with Crippen LogP contribution in [-0.2, 0) is 6.54 Å². The standard InChI is InChI=1S/C17H20ClN3O2/c1-16(10-22)7-6-14(8-13-2-4-15(18)5-3-13)17(16,23)9-21-12-19-11-20-21/h2-5,8,11-12,22-23H,6-7,9-10H2,1H3. The van der Waals surface area contributed by atoms with E-state index in [9.17, 15) is 10.2 Å². The van der Waals surface area contributed by atoms with Crippen molar-refractivity contribution in [3.8, 4) is 0 Å². The molecular weight excluding hydrogens is 314 g/mol. The molecule has 0 bridgehead atoms. The van der Waals surface area contributed by atoms with Crippen molar-refractivity contribution in [1.29, 1.82) is 0 Å². The lowest BCUT2D eigenvalue weighted by atomic mass is 9.74. The summed E-state index contributed by atoms with van der Waals surface area (Å²) in [4.78, 5) is 3.93. The van der Waals surface area contributed by atoms with Gasteiger partial charge >= 0.3 is 0 Å². The lowest BCUT2D eigenvalue weighted by molar-refractivity contribution is -0.0664. The van der Waals surface area contributed by atoms with E-state index in [0.717, 1.165) is 17.6 Å². The quantitative estimate of drug-likeness (QED) is 0.902. The van der Waals surface area contributed by atoms with Gasteiger partial charge < -0.3 is 10.2 Å². The zero-order valence-electron chi connectivity index (χ0n) is 13.0. The highest BCUT2D eigenvalue weighted by atomic mass is 35.5. The smallest absolute Gasteiger partial charge is 0.137 e. The van der Waals surface area contributed by atoms with Crippen LogP contribution in [0.3, 0.4) is 0 Å². The maximum Gasteiger partial charge on any atom is 0.137 e. The van der Waals surface area contributed by atoms with E-state index in [4.69, 9.17) is 11.6 Å². The SMILES string of the molecule is CC1(CO)CCC(=Cc2ccc(Cl)cc2)C1(O)Cn1cncn1. The lowest BCUT2D eigenvalue weighted by Crippen LogP contribution is -2.48. The van der Waals surface area contributed by atoms with Crippen LogP contribution in [0, 0.1) is 5.41 Å². The number of aliphatic hydroxyl groups excluding tert-OH is 1. The Balaban J connectivity index is 1.99. The van der Waals surface area contributed by atoms with Crippen molar-refractivity contribution < 1.29 is 10.2 Å². The predicted octanol–water partition coefficient (Wildman–Crippen LogP) is 2.54. The van der Waals surface area contributed by atoms with Crippen LogP contribution in [0.1, 0.15) is 25.3 Å². The Kier molecular flexibility index (Phi) is 4.27. The van der Waals surface area contributed by atoms with E-state index in [1.54, 1.807) is 11.0 Å². The van der Waals surface area contributed by atoms with Crippen molar-refractivity contribution in [2.75, 3.05) is 6.61 Å². The van der Waals surface area contributed by atoms with Gasteiger partial charge in [-0.2, -0.15) is 5.10 Å². The first-order chi connectivity index (χ1) is 11.0. The summed E-state index contributed by atoms with van der Waals surface area (Å²) in [6, 6.07) is 7.48. The summed E-state index contributed by atoms with van der Waals surface area (Å²) in [7, 11) is 0. The Hall–Kier alpha value is -1.69. The van der Waals surface area contributed by atoms with Gasteiger partial charge in [0.25, 0.3) is 0 Å². The number of hydrogen-bond donors (Lipinski definition) is 2. The molecule has 1 aromatic heterocycles. The molecule has 122 valence electrons. The second kappa shape index (κ2) is 6.07. The van der Waals surface area contributed by atoms with Crippen molar-refractivity contribution >= 4 is 17.7 Å². The second-order valence-electron chi connectivity index (χ2n) is 6.39. The largest absolute Gasteiger partial charge is 0.396 e. The third-order valence-electron chi connectivity index (χ3n) is 4.89. The minimum Gasteiger partial charge on any atom is -0.396 e. The van der Waals surface area contributed by atoms with E-state index < -0.39 is 11.0 Å². The number of rotatable bonds is 4. The Bertz CT molecular complexity index is 699. The summed E-state index contributed by atoms with van der Waals surface area (Å²) in [6.45, 7) is 2.09. The van der Waals surface area contributed by atoms with Crippen LogP contribution in [-0.4, -0.2) is 37.2 Å². The molecule has 5 nitrogen and oxygen atoms in total. The molecule has 0 radical (unpaired) electrons. The molecule has 1 saturated carbocycles. The van der Waals surface area contributed by atoms with Crippen molar-refractivity contribution in [3.05, 3.63) is 53.1 Å². The molecule has 1 aromatic carbocycles. The van der Waals surface area contributed by atoms with Crippen LogP contribution in [0.5, 0.6) is 0 Å². The zero-order valence-corrected chi connectivity index (χ0v) is 13.7. The summed E-state index contributed by atoms with van der Waals surface area (Å²) in [5, 5.41) is 26.0. The molecule has 2 aromatic rings. The minimum absolute atomic E-state index is 0.0871. The van der Waals surface area contributed by atoms with Gasteiger partial charge in [-0.05, 0) is 36.1 Å². The molecule has 1 heterocycles. The predicted molar refractivity (Wildman–Crippen MR) is 88.8 cm³/mol. The summed E-state index contributed by atoms with van der Waals surface area (Å²) >= 11 is 5.93. The van der Waals surface area contributed by atoms with Gasteiger partial charge in [-0.15, -0.1) is 0 Å². The van der Waals surface area contributed by atoms with Crippen molar-refractivity contribution in [3.63, 3.8) is 0 Å². The number of aliphatic hydroxyl groups is 2. The number of nitrogens with zero attached hydrogens (tertiary/aromatic N) is 3. The fourth-order valence-corrected chi connectivity index (χ4v) is 3.34. The van der Waals surface area contributed by atoms with Gasteiger partial charge in [0.15, 0.2) is 0 Å². The van der Waals surface area contributed by atoms with Gasteiger partial charge in [0, 0.05) is 10.4 Å². The molecule has 6 heteroatoms. The molecule has 0 saturated heterocycles. The van der Waals surface area contributed by atoms with Crippen LogP contribution >= 0.6 is 11.6 Å². The van der Waals surface area contributed by atoms with Gasteiger partial charge in [0.2, 0.25) is 0 Å². The molecule has 2 atom stereocenters. The molecule has 0 aliphatic heterocycles. The number of hydrogen-bond acceptors (Lipinski definition) is 4. The number of halogens is 1. The van der Waals surface area contributed by atoms with Gasteiger partial charge in [0.1, 0.15) is 18.3 Å². The van der Waals surface area contributed by atoms with E-state index in [-0.39, 0.29) is 13.2 Å². The Morgan fingerprint density at radius 1 is 1.35 bits per heavy atom. The first kappa shape index (κ1) is 16.2. The van der Waals surface area contributed by atoms with Gasteiger partial charge in [-0.3, -0.25) is 0 Å². The fourth-order valence-electron chi connectivity index (χ4n) is 3.21. The highest BCUT2D eigenvalue weighted by Gasteiger charge is 2.53. The molecule has 1 fully saturated rings. The van der Waals surface area contributed by atoms with Gasteiger partial charge in [0.05, 0.1) is 13.2 Å². The van der Waals surface area contributed by atoms with Crippen molar-refractivity contribution in [2.24, 2.45) is 5.41 Å². The van der Waals surface area contributed by atoms with E-state index in [1.165, 1.54) is 6.33 Å². The summed E-state index contributed by atoms with van der Waals surface area (Å²) < 4.78 is 1.61. The molecular formula is C17H20ClN3O2. The van der Waals surface area contributed by atoms with Crippen LogP contribution in [0.15, 0.2) is 42.5 Å². The second-order valence-corrected chi connectivity index (χ2v) is 6.83. The van der Waals surface area contributed by atoms with E-state index in [2.05, 4.69) is 10.1 Å². The molecule has 2 N–H and O–H groups in total. The molecule has 23 heavy (non-hydrogen) atoms. The van der Waals surface area contributed by atoms with Crippen molar-refractivity contribution in [2.45, 2.75) is 31.9 Å². The van der Waals surface area contributed by atoms with Crippen molar-refractivity contribution in [1.82, 2.24) is 14.8 Å². The Morgan fingerprint density at radius 2 is 2.09 bits per heavy atom. The Morgan fingerprint density at radius 3 is 2.70 bits per heavy atom. The zero-order chi connectivity index (χ0) is 16.5. The molecule has 3 rings (SSSR count). The molecule has 1 aliphatic carbocycles. The van der Waals surface area contributed by atoms with E-state index >= 15 is 0 Å². The van der Waals surface area contributed by atoms with E-state index in [0.29, 0.717) is 11.4 Å². The van der Waals surface area contributed by atoms with Gasteiger partial charge in [-0.25, -0.2) is 9.67 Å². The third kappa shape index (κ3) is 2.92. The summed E-state index contributed by atoms with van der Waals surface area (Å²) in [6.07, 6.45) is 6.44.